The standard InChI is InChI=1S/C30H34O5/c1-18-10-8-12-23(14-18)34-28(32)25(29(33)35-24-13-9-11-19(2)15-24)16-22-17-26(30(5,6)7)27(31)21(4)20(22)3/h8-15,17,25,31H,16H2,1-7H3. The van der Waals surface area contributed by atoms with Crippen molar-refractivity contribution in [1.82, 2.24) is 0 Å². The Morgan fingerprint density at radius 3 is 1.71 bits per heavy atom. The van der Waals surface area contributed by atoms with Crippen molar-refractivity contribution in [2.24, 2.45) is 5.92 Å². The van der Waals surface area contributed by atoms with Crippen molar-refractivity contribution in [2.75, 3.05) is 0 Å². The van der Waals surface area contributed by atoms with E-state index in [1.165, 1.54) is 0 Å². The number of carbonyl (C=O) groups is 2. The van der Waals surface area contributed by atoms with Gasteiger partial charge in [-0.15, -0.1) is 0 Å². The van der Waals surface area contributed by atoms with Crippen LogP contribution in [0, 0.1) is 33.6 Å². The Hall–Kier alpha value is -3.60. The van der Waals surface area contributed by atoms with Gasteiger partial charge < -0.3 is 14.6 Å². The lowest BCUT2D eigenvalue weighted by Crippen LogP contribution is -2.33. The number of esters is 2. The monoisotopic (exact) mass is 474 g/mol. The SMILES string of the molecule is Cc1cccc(OC(=O)C(Cc2cc(C(C)(C)C)c(O)c(C)c2C)C(=O)Oc2cccc(C)c2)c1. The maximum atomic E-state index is 13.3. The Balaban J connectivity index is 2.00. The van der Waals surface area contributed by atoms with Crippen LogP contribution in [-0.4, -0.2) is 17.0 Å². The Morgan fingerprint density at radius 2 is 1.29 bits per heavy atom. The zero-order valence-electron chi connectivity index (χ0n) is 21.6. The third-order valence-corrected chi connectivity index (χ3v) is 6.19. The van der Waals surface area contributed by atoms with Crippen molar-refractivity contribution in [2.45, 2.75) is 60.3 Å². The summed E-state index contributed by atoms with van der Waals surface area (Å²) < 4.78 is 11.2. The van der Waals surface area contributed by atoms with E-state index in [0.717, 1.165) is 33.4 Å². The largest absolute Gasteiger partial charge is 0.507 e. The molecule has 0 aliphatic carbocycles. The van der Waals surface area contributed by atoms with Crippen LogP contribution >= 0.6 is 0 Å². The number of carbonyl (C=O) groups excluding carboxylic acids is 2. The van der Waals surface area contributed by atoms with Crippen LogP contribution in [0.4, 0.5) is 0 Å². The summed E-state index contributed by atoms with van der Waals surface area (Å²) in [5.41, 5.74) is 4.66. The molecule has 0 aromatic heterocycles. The summed E-state index contributed by atoms with van der Waals surface area (Å²) in [6.45, 7) is 13.6. The molecule has 35 heavy (non-hydrogen) atoms. The van der Waals surface area contributed by atoms with Gasteiger partial charge in [-0.1, -0.05) is 51.1 Å². The molecule has 3 aromatic rings. The van der Waals surface area contributed by atoms with Crippen LogP contribution in [0.2, 0.25) is 0 Å². The maximum absolute atomic E-state index is 13.3. The molecule has 3 rings (SSSR count). The first kappa shape index (κ1) is 26.0. The molecule has 0 atom stereocenters. The molecule has 0 fully saturated rings. The normalized spacial score (nSPS) is 11.4. The zero-order valence-corrected chi connectivity index (χ0v) is 21.6. The third kappa shape index (κ3) is 6.30. The second-order valence-corrected chi connectivity index (χ2v) is 10.2. The molecule has 0 radical (unpaired) electrons. The smallest absolute Gasteiger partial charge is 0.326 e. The van der Waals surface area contributed by atoms with Gasteiger partial charge in [0.2, 0.25) is 0 Å². The van der Waals surface area contributed by atoms with Gasteiger partial charge in [0.05, 0.1) is 0 Å². The van der Waals surface area contributed by atoms with Gasteiger partial charge in [-0.3, -0.25) is 9.59 Å². The first-order chi connectivity index (χ1) is 16.4. The van der Waals surface area contributed by atoms with E-state index >= 15 is 0 Å². The number of ether oxygens (including phenoxy) is 2. The number of benzene rings is 3. The second-order valence-electron chi connectivity index (χ2n) is 10.2. The van der Waals surface area contributed by atoms with Crippen molar-refractivity contribution in [3.05, 3.63) is 88.0 Å². The molecule has 0 spiro atoms. The summed E-state index contributed by atoms with van der Waals surface area (Å²) in [4.78, 5) is 26.6. The molecule has 5 nitrogen and oxygen atoms in total. The van der Waals surface area contributed by atoms with E-state index in [-0.39, 0.29) is 17.6 Å². The highest BCUT2D eigenvalue weighted by atomic mass is 16.6. The minimum absolute atomic E-state index is 0.0886. The van der Waals surface area contributed by atoms with Crippen LogP contribution in [0.5, 0.6) is 17.2 Å². The van der Waals surface area contributed by atoms with E-state index in [4.69, 9.17) is 9.47 Å². The van der Waals surface area contributed by atoms with Gasteiger partial charge in [0.1, 0.15) is 17.2 Å². The molecule has 5 heteroatoms. The van der Waals surface area contributed by atoms with Gasteiger partial charge in [0, 0.05) is 0 Å². The summed E-state index contributed by atoms with van der Waals surface area (Å²) in [5.74, 6) is -1.58. The molecular formula is C30H34O5. The first-order valence-electron chi connectivity index (χ1n) is 11.8. The van der Waals surface area contributed by atoms with Gasteiger partial charge in [-0.25, -0.2) is 0 Å². The Bertz CT molecular complexity index is 1190. The van der Waals surface area contributed by atoms with Gasteiger partial charge in [-0.2, -0.15) is 0 Å². The molecule has 1 N–H and O–H groups in total. The van der Waals surface area contributed by atoms with Crippen molar-refractivity contribution in [1.29, 1.82) is 0 Å². The first-order valence-corrected chi connectivity index (χ1v) is 11.8. The van der Waals surface area contributed by atoms with Crippen LogP contribution < -0.4 is 9.47 Å². The number of phenolic OH excluding ortho intramolecular Hbond substituents is 1. The van der Waals surface area contributed by atoms with Crippen LogP contribution in [0.15, 0.2) is 54.6 Å². The summed E-state index contributed by atoms with van der Waals surface area (Å²) in [7, 11) is 0. The van der Waals surface area contributed by atoms with Crippen molar-refractivity contribution in [3.8, 4) is 17.2 Å². The number of hydrogen-bond donors (Lipinski definition) is 1. The maximum Gasteiger partial charge on any atom is 0.326 e. The molecule has 0 heterocycles. The summed E-state index contributed by atoms with van der Waals surface area (Å²) >= 11 is 0. The lowest BCUT2D eigenvalue weighted by molar-refractivity contribution is -0.151. The molecule has 0 saturated heterocycles. The van der Waals surface area contributed by atoms with Gasteiger partial charge in [0.25, 0.3) is 0 Å². The van der Waals surface area contributed by atoms with Crippen molar-refractivity contribution >= 4 is 11.9 Å². The molecular weight excluding hydrogens is 440 g/mol. The highest BCUT2D eigenvalue weighted by Gasteiger charge is 2.33. The Kier molecular flexibility index (Phi) is 7.69. The van der Waals surface area contributed by atoms with Gasteiger partial charge >= 0.3 is 11.9 Å². The minimum Gasteiger partial charge on any atom is -0.507 e. The summed E-state index contributed by atoms with van der Waals surface area (Å²) in [6.07, 6.45) is 0.0886. The fourth-order valence-corrected chi connectivity index (χ4v) is 3.97. The van der Waals surface area contributed by atoms with E-state index in [1.54, 1.807) is 36.4 Å². The van der Waals surface area contributed by atoms with E-state index in [1.807, 2.05) is 66.7 Å². The van der Waals surface area contributed by atoms with Crippen LogP contribution in [-0.2, 0) is 21.4 Å². The Labute approximate surface area is 207 Å². The summed E-state index contributed by atoms with van der Waals surface area (Å²) in [6, 6.07) is 16.1. The number of rotatable bonds is 6. The fourth-order valence-electron chi connectivity index (χ4n) is 3.97. The highest BCUT2D eigenvalue weighted by Crippen LogP contribution is 2.37. The number of phenols is 1. The second kappa shape index (κ2) is 10.3. The summed E-state index contributed by atoms with van der Waals surface area (Å²) in [5, 5.41) is 10.7. The van der Waals surface area contributed by atoms with Crippen LogP contribution in [0.1, 0.15) is 54.2 Å². The Morgan fingerprint density at radius 1 is 0.800 bits per heavy atom. The van der Waals surface area contributed by atoms with E-state index < -0.39 is 17.9 Å². The molecule has 0 saturated carbocycles. The van der Waals surface area contributed by atoms with Gasteiger partial charge in [0.15, 0.2) is 5.92 Å². The zero-order chi connectivity index (χ0) is 25.9. The highest BCUT2D eigenvalue weighted by molar-refractivity contribution is 5.97. The molecule has 0 bridgehead atoms. The van der Waals surface area contributed by atoms with Crippen LogP contribution in [0.25, 0.3) is 0 Å². The molecule has 184 valence electrons. The predicted molar refractivity (Wildman–Crippen MR) is 137 cm³/mol. The van der Waals surface area contributed by atoms with Crippen molar-refractivity contribution < 1.29 is 24.2 Å². The number of aromatic hydroxyl groups is 1. The van der Waals surface area contributed by atoms with Crippen molar-refractivity contribution in [3.63, 3.8) is 0 Å². The lowest BCUT2D eigenvalue weighted by atomic mass is 9.81. The van der Waals surface area contributed by atoms with Crippen LogP contribution in [0.3, 0.4) is 0 Å². The molecule has 3 aromatic carbocycles. The van der Waals surface area contributed by atoms with E-state index in [2.05, 4.69) is 0 Å². The van der Waals surface area contributed by atoms with E-state index in [9.17, 15) is 14.7 Å². The molecule has 0 amide bonds. The third-order valence-electron chi connectivity index (χ3n) is 6.19. The quantitative estimate of drug-likeness (QED) is 0.258. The average Bonchev–Trinajstić information content (AvgIpc) is 2.76. The molecule has 0 unspecified atom stereocenters. The van der Waals surface area contributed by atoms with E-state index in [0.29, 0.717) is 11.5 Å². The fraction of sp³-hybridized carbons (Fsp3) is 0.333. The minimum atomic E-state index is -1.19. The average molecular weight is 475 g/mol. The number of hydrogen-bond acceptors (Lipinski definition) is 5. The molecule has 0 aliphatic heterocycles. The number of aryl methyl sites for hydroxylation is 2. The topological polar surface area (TPSA) is 72.8 Å². The molecule has 0 aliphatic rings. The predicted octanol–water partition coefficient (Wildman–Crippen LogP) is 6.29. The van der Waals surface area contributed by atoms with Gasteiger partial charge in [-0.05, 0) is 97.2 Å². The lowest BCUT2D eigenvalue weighted by Gasteiger charge is -2.25.